The van der Waals surface area contributed by atoms with Gasteiger partial charge in [-0.3, -0.25) is 14.4 Å². The van der Waals surface area contributed by atoms with Gasteiger partial charge in [0.15, 0.2) is 0 Å². The second kappa shape index (κ2) is 15.9. The van der Waals surface area contributed by atoms with Crippen LogP contribution in [0.4, 0.5) is 4.79 Å². The Balaban J connectivity index is 3.39. The minimum Gasteiger partial charge on any atom is -0.466 e. The van der Waals surface area contributed by atoms with Crippen molar-refractivity contribution in [3.8, 4) is 6.07 Å². The van der Waals surface area contributed by atoms with Crippen LogP contribution >= 0.6 is 11.8 Å². The quantitative estimate of drug-likeness (QED) is 0.283. The van der Waals surface area contributed by atoms with Crippen molar-refractivity contribution in [3.63, 3.8) is 0 Å². The minimum absolute atomic E-state index is 0.000341. The van der Waals surface area contributed by atoms with Crippen molar-refractivity contribution in [2.45, 2.75) is 72.1 Å². The summed E-state index contributed by atoms with van der Waals surface area (Å²) in [5.74, 6) is -1.05. The first-order chi connectivity index (χ1) is 17.8. The number of hydrogen-bond donors (Lipinski definition) is 2. The van der Waals surface area contributed by atoms with E-state index in [2.05, 4.69) is 10.6 Å². The molecule has 210 valence electrons. The number of carbonyl (C=O) groups excluding carboxylic acids is 4. The van der Waals surface area contributed by atoms with E-state index in [-0.39, 0.29) is 26.0 Å². The SMILES string of the molecule is CCOC(=O)CCNC(=O)C(c1ccc(C)c(C)c1)N(CC#N)C(=O)C(CCSC)NC(=O)OC(C)(C)C. The average molecular weight is 549 g/mol. The summed E-state index contributed by atoms with van der Waals surface area (Å²) >= 11 is 1.49. The van der Waals surface area contributed by atoms with E-state index in [1.165, 1.54) is 11.8 Å². The molecule has 2 atom stereocenters. The van der Waals surface area contributed by atoms with Gasteiger partial charge in [0.25, 0.3) is 0 Å². The highest BCUT2D eigenvalue weighted by Crippen LogP contribution is 2.25. The molecule has 11 heteroatoms. The molecule has 0 aliphatic heterocycles. The van der Waals surface area contributed by atoms with Crippen LogP contribution in [-0.2, 0) is 23.9 Å². The molecule has 0 spiro atoms. The number of benzene rings is 1. The molecule has 3 amide bonds. The maximum atomic E-state index is 13.8. The number of hydrogen-bond acceptors (Lipinski definition) is 8. The maximum Gasteiger partial charge on any atom is 0.408 e. The number of nitrogens with zero attached hydrogens (tertiary/aromatic N) is 2. The molecule has 1 aromatic rings. The molecule has 2 unspecified atom stereocenters. The van der Waals surface area contributed by atoms with Gasteiger partial charge in [-0.1, -0.05) is 18.2 Å². The van der Waals surface area contributed by atoms with Gasteiger partial charge in [-0.25, -0.2) is 4.79 Å². The molecule has 1 aromatic carbocycles. The Morgan fingerprint density at radius 2 is 1.84 bits per heavy atom. The van der Waals surface area contributed by atoms with Gasteiger partial charge in [-0.15, -0.1) is 0 Å². The number of rotatable bonds is 13. The molecule has 0 aromatic heterocycles. The van der Waals surface area contributed by atoms with Gasteiger partial charge in [0.1, 0.15) is 24.2 Å². The van der Waals surface area contributed by atoms with E-state index >= 15 is 0 Å². The second-order valence-corrected chi connectivity index (χ2v) is 10.7. The van der Waals surface area contributed by atoms with Gasteiger partial charge in [-0.2, -0.15) is 17.0 Å². The minimum atomic E-state index is -1.17. The Morgan fingerprint density at radius 3 is 2.39 bits per heavy atom. The van der Waals surface area contributed by atoms with Crippen LogP contribution in [0.5, 0.6) is 0 Å². The van der Waals surface area contributed by atoms with Crippen molar-refractivity contribution < 1.29 is 28.7 Å². The van der Waals surface area contributed by atoms with E-state index in [1.807, 2.05) is 32.2 Å². The van der Waals surface area contributed by atoms with E-state index in [1.54, 1.807) is 39.8 Å². The monoisotopic (exact) mass is 548 g/mol. The highest BCUT2D eigenvalue weighted by atomic mass is 32.2. The predicted octanol–water partition coefficient (Wildman–Crippen LogP) is 3.41. The number of carbonyl (C=O) groups is 4. The summed E-state index contributed by atoms with van der Waals surface area (Å²) in [7, 11) is 0. The number of thioether (sulfide) groups is 1. The van der Waals surface area contributed by atoms with Gasteiger partial charge >= 0.3 is 12.1 Å². The van der Waals surface area contributed by atoms with Crippen LogP contribution in [-0.4, -0.2) is 72.1 Å². The summed E-state index contributed by atoms with van der Waals surface area (Å²) in [5, 5.41) is 14.9. The summed E-state index contributed by atoms with van der Waals surface area (Å²) in [4.78, 5) is 52.7. The zero-order valence-corrected chi connectivity index (χ0v) is 24.2. The van der Waals surface area contributed by atoms with Crippen LogP contribution in [0, 0.1) is 25.2 Å². The van der Waals surface area contributed by atoms with Crippen LogP contribution in [0.3, 0.4) is 0 Å². The van der Waals surface area contributed by atoms with Gasteiger partial charge in [0.05, 0.1) is 19.1 Å². The van der Waals surface area contributed by atoms with Crippen molar-refractivity contribution in [1.29, 1.82) is 5.26 Å². The molecule has 2 N–H and O–H groups in total. The topological polar surface area (TPSA) is 138 Å². The third-order valence-corrected chi connectivity index (χ3v) is 6.11. The largest absolute Gasteiger partial charge is 0.466 e. The molecule has 0 heterocycles. The first kappa shape index (κ1) is 32.8. The molecular formula is C27H40N4O6S. The Hall–Kier alpha value is -3.26. The van der Waals surface area contributed by atoms with E-state index in [0.717, 1.165) is 16.0 Å². The van der Waals surface area contributed by atoms with Crippen LogP contribution in [0.2, 0.25) is 0 Å². The van der Waals surface area contributed by atoms with Gasteiger partial charge in [0.2, 0.25) is 11.8 Å². The van der Waals surface area contributed by atoms with Crippen molar-refractivity contribution in [2.75, 3.05) is 31.7 Å². The zero-order chi connectivity index (χ0) is 28.9. The number of esters is 1. The van der Waals surface area contributed by atoms with Crippen molar-refractivity contribution in [3.05, 3.63) is 34.9 Å². The number of amides is 3. The fourth-order valence-electron chi connectivity index (χ4n) is 3.54. The predicted molar refractivity (Wildman–Crippen MR) is 146 cm³/mol. The summed E-state index contributed by atoms with van der Waals surface area (Å²) in [6.45, 7) is 10.5. The van der Waals surface area contributed by atoms with Crippen LogP contribution in [0.25, 0.3) is 0 Å². The summed E-state index contributed by atoms with van der Waals surface area (Å²) < 4.78 is 10.2. The summed E-state index contributed by atoms with van der Waals surface area (Å²) in [5.41, 5.74) is 1.63. The van der Waals surface area contributed by atoms with Crippen LogP contribution in [0.15, 0.2) is 18.2 Å². The molecule has 0 bridgehead atoms. The molecule has 0 saturated carbocycles. The van der Waals surface area contributed by atoms with Crippen molar-refractivity contribution in [2.24, 2.45) is 0 Å². The molecule has 1 rings (SSSR count). The standard InChI is InChI=1S/C27H40N4O6S/c1-8-36-22(32)11-14-29-24(33)23(20-10-9-18(2)19(3)17-20)31(15-13-28)25(34)21(12-16-38-7)30-26(35)37-27(4,5)6/h9-10,17,21,23H,8,11-12,14-16H2,1-7H3,(H,29,33)(H,30,35). The Labute approximate surface area is 229 Å². The van der Waals surface area contributed by atoms with Crippen LogP contribution < -0.4 is 10.6 Å². The number of ether oxygens (including phenoxy) is 2. The molecule has 0 aliphatic carbocycles. The van der Waals surface area contributed by atoms with Gasteiger partial charge in [0, 0.05) is 6.54 Å². The number of aryl methyl sites for hydroxylation is 2. The average Bonchev–Trinajstić information content (AvgIpc) is 2.82. The van der Waals surface area contributed by atoms with E-state index in [9.17, 15) is 24.4 Å². The summed E-state index contributed by atoms with van der Waals surface area (Å²) in [6.07, 6.45) is 1.33. The number of nitriles is 1. The highest BCUT2D eigenvalue weighted by molar-refractivity contribution is 7.98. The Morgan fingerprint density at radius 1 is 1.16 bits per heavy atom. The Kier molecular flexibility index (Phi) is 13.7. The van der Waals surface area contributed by atoms with Gasteiger partial charge in [-0.05, 0) is 76.7 Å². The lowest BCUT2D eigenvalue weighted by atomic mass is 9.98. The second-order valence-electron chi connectivity index (χ2n) is 9.70. The summed E-state index contributed by atoms with van der Waals surface area (Å²) in [6, 6.07) is 5.15. The molecule has 0 aliphatic rings. The lowest BCUT2D eigenvalue weighted by Crippen LogP contribution is -2.53. The van der Waals surface area contributed by atoms with Gasteiger partial charge < -0.3 is 25.0 Å². The fourth-order valence-corrected chi connectivity index (χ4v) is 4.01. The molecule has 0 fully saturated rings. The lowest BCUT2D eigenvalue weighted by molar-refractivity contribution is -0.144. The lowest BCUT2D eigenvalue weighted by Gasteiger charge is -2.33. The molecule has 0 radical (unpaired) electrons. The molecular weight excluding hydrogens is 508 g/mol. The number of nitrogens with one attached hydrogen (secondary N) is 2. The van der Waals surface area contributed by atoms with E-state index in [0.29, 0.717) is 11.3 Å². The molecule has 0 saturated heterocycles. The smallest absolute Gasteiger partial charge is 0.408 e. The third kappa shape index (κ3) is 11.0. The highest BCUT2D eigenvalue weighted by Gasteiger charge is 2.36. The number of alkyl carbamates (subject to hydrolysis) is 1. The maximum absolute atomic E-state index is 13.8. The van der Waals surface area contributed by atoms with E-state index < -0.39 is 48.1 Å². The normalized spacial score (nSPS) is 12.5. The first-order valence-electron chi connectivity index (χ1n) is 12.5. The third-order valence-electron chi connectivity index (χ3n) is 5.46. The Bertz CT molecular complexity index is 1020. The molecule has 38 heavy (non-hydrogen) atoms. The van der Waals surface area contributed by atoms with Crippen molar-refractivity contribution in [1.82, 2.24) is 15.5 Å². The first-order valence-corrected chi connectivity index (χ1v) is 13.9. The molecule has 10 nitrogen and oxygen atoms in total. The van der Waals surface area contributed by atoms with Crippen LogP contribution in [0.1, 0.15) is 63.3 Å². The zero-order valence-electron chi connectivity index (χ0n) is 23.4. The van der Waals surface area contributed by atoms with Crippen molar-refractivity contribution >= 4 is 35.6 Å². The van der Waals surface area contributed by atoms with E-state index in [4.69, 9.17) is 9.47 Å². The fraction of sp³-hybridized carbons (Fsp3) is 0.593.